The molecule has 0 bridgehead atoms. The Morgan fingerprint density at radius 3 is 2.80 bits per heavy atom. The monoisotopic (exact) mass is 338 g/mol. The predicted molar refractivity (Wildman–Crippen MR) is 94.9 cm³/mol. The standard InChI is InChI=1S/C20H22N2O3/c1-13(23)21-17-7-3-6-15(10-17)19-11-16-12-22(9-8-18(16)25-19)20(24)14-4-2-5-14/h3,6-7,10-11,14H,2,4-5,8-9,12H2,1H3,(H,21,23). The molecule has 0 atom stereocenters. The van der Waals surface area contributed by atoms with E-state index >= 15 is 0 Å². The largest absolute Gasteiger partial charge is 0.461 e. The van der Waals surface area contributed by atoms with Gasteiger partial charge in [0.15, 0.2) is 0 Å². The Bertz CT molecular complexity index is 820. The average molecular weight is 338 g/mol. The van der Waals surface area contributed by atoms with Crippen LogP contribution in [0.3, 0.4) is 0 Å². The number of amides is 2. The first kappa shape index (κ1) is 15.9. The minimum Gasteiger partial charge on any atom is -0.461 e. The number of benzene rings is 1. The van der Waals surface area contributed by atoms with E-state index in [4.69, 9.17) is 4.42 Å². The van der Waals surface area contributed by atoms with Gasteiger partial charge in [-0.2, -0.15) is 0 Å². The number of nitrogens with zero attached hydrogens (tertiary/aromatic N) is 1. The van der Waals surface area contributed by atoms with Crippen LogP contribution in [0.1, 0.15) is 37.5 Å². The maximum absolute atomic E-state index is 12.5. The second-order valence-electron chi connectivity index (χ2n) is 6.96. The van der Waals surface area contributed by atoms with Gasteiger partial charge in [0.05, 0.1) is 0 Å². The van der Waals surface area contributed by atoms with E-state index < -0.39 is 0 Å². The summed E-state index contributed by atoms with van der Waals surface area (Å²) in [6.45, 7) is 2.87. The van der Waals surface area contributed by atoms with Crippen LogP contribution in [-0.4, -0.2) is 23.3 Å². The number of nitrogens with one attached hydrogen (secondary N) is 1. The van der Waals surface area contributed by atoms with Gasteiger partial charge in [-0.05, 0) is 31.0 Å². The highest BCUT2D eigenvalue weighted by Gasteiger charge is 2.32. The second kappa shape index (κ2) is 6.39. The fraction of sp³-hybridized carbons (Fsp3) is 0.400. The highest BCUT2D eigenvalue weighted by atomic mass is 16.3. The van der Waals surface area contributed by atoms with Gasteiger partial charge in [0.2, 0.25) is 11.8 Å². The fourth-order valence-corrected chi connectivity index (χ4v) is 3.53. The summed E-state index contributed by atoms with van der Waals surface area (Å²) in [6.07, 6.45) is 4.01. The van der Waals surface area contributed by atoms with Crippen molar-refractivity contribution in [2.75, 3.05) is 11.9 Å². The molecule has 1 aliphatic heterocycles. The molecule has 2 amide bonds. The molecule has 2 aromatic rings. The molecule has 2 aliphatic rings. The topological polar surface area (TPSA) is 62.6 Å². The normalized spacial score (nSPS) is 16.9. The maximum atomic E-state index is 12.5. The first-order chi connectivity index (χ1) is 12.1. The number of fused-ring (bicyclic) bond motifs is 1. The van der Waals surface area contributed by atoms with Crippen LogP contribution in [0, 0.1) is 5.92 Å². The van der Waals surface area contributed by atoms with Gasteiger partial charge in [-0.15, -0.1) is 0 Å². The van der Waals surface area contributed by atoms with E-state index in [-0.39, 0.29) is 11.8 Å². The minimum absolute atomic E-state index is 0.0963. The zero-order chi connectivity index (χ0) is 17.4. The van der Waals surface area contributed by atoms with Crippen LogP contribution in [0.5, 0.6) is 0 Å². The lowest BCUT2D eigenvalue weighted by molar-refractivity contribution is -0.139. The predicted octanol–water partition coefficient (Wildman–Crippen LogP) is 3.59. The molecule has 1 saturated carbocycles. The molecule has 4 rings (SSSR count). The lowest BCUT2D eigenvalue weighted by Crippen LogP contribution is -2.41. The molecular weight excluding hydrogens is 316 g/mol. The zero-order valence-electron chi connectivity index (χ0n) is 14.4. The van der Waals surface area contributed by atoms with Crippen molar-refractivity contribution >= 4 is 17.5 Å². The molecule has 25 heavy (non-hydrogen) atoms. The fourth-order valence-electron chi connectivity index (χ4n) is 3.53. The molecule has 0 radical (unpaired) electrons. The van der Waals surface area contributed by atoms with Crippen LogP contribution in [0.2, 0.25) is 0 Å². The summed E-state index contributed by atoms with van der Waals surface area (Å²) < 4.78 is 6.03. The Kier molecular flexibility index (Phi) is 4.07. The first-order valence-electron chi connectivity index (χ1n) is 8.88. The van der Waals surface area contributed by atoms with Crippen LogP contribution in [0.25, 0.3) is 11.3 Å². The van der Waals surface area contributed by atoms with E-state index in [9.17, 15) is 9.59 Å². The number of hydrogen-bond acceptors (Lipinski definition) is 3. The maximum Gasteiger partial charge on any atom is 0.225 e. The highest BCUT2D eigenvalue weighted by Crippen LogP contribution is 2.33. The van der Waals surface area contributed by atoms with Gasteiger partial charge in [-0.3, -0.25) is 9.59 Å². The number of rotatable bonds is 3. The van der Waals surface area contributed by atoms with Gasteiger partial charge >= 0.3 is 0 Å². The molecule has 0 unspecified atom stereocenters. The van der Waals surface area contributed by atoms with Crippen LogP contribution in [0.15, 0.2) is 34.7 Å². The third-order valence-electron chi connectivity index (χ3n) is 5.10. The molecule has 1 N–H and O–H groups in total. The lowest BCUT2D eigenvalue weighted by atomic mass is 9.84. The molecule has 0 saturated heterocycles. The van der Waals surface area contributed by atoms with Crippen molar-refractivity contribution < 1.29 is 14.0 Å². The summed E-state index contributed by atoms with van der Waals surface area (Å²) in [5.74, 6) is 2.20. The van der Waals surface area contributed by atoms with E-state index in [1.54, 1.807) is 0 Å². The molecule has 5 heteroatoms. The van der Waals surface area contributed by atoms with Crippen molar-refractivity contribution in [2.45, 2.75) is 39.2 Å². The van der Waals surface area contributed by atoms with Gasteiger partial charge in [0, 0.05) is 49.2 Å². The SMILES string of the molecule is CC(=O)Nc1cccc(-c2cc3c(o2)CCN(C(=O)C2CCC2)C3)c1. The quantitative estimate of drug-likeness (QED) is 0.930. The second-order valence-corrected chi connectivity index (χ2v) is 6.96. The number of hydrogen-bond donors (Lipinski definition) is 1. The van der Waals surface area contributed by atoms with Crippen LogP contribution in [0.4, 0.5) is 5.69 Å². The zero-order valence-corrected chi connectivity index (χ0v) is 14.4. The van der Waals surface area contributed by atoms with E-state index in [2.05, 4.69) is 5.32 Å². The summed E-state index contributed by atoms with van der Waals surface area (Å²) in [7, 11) is 0. The third kappa shape index (κ3) is 3.18. The molecule has 2 heterocycles. The number of carbonyl (C=O) groups is 2. The van der Waals surface area contributed by atoms with Crippen LogP contribution >= 0.6 is 0 Å². The molecule has 5 nitrogen and oxygen atoms in total. The Labute approximate surface area is 147 Å². The Morgan fingerprint density at radius 2 is 2.08 bits per heavy atom. The Morgan fingerprint density at radius 1 is 1.24 bits per heavy atom. The van der Waals surface area contributed by atoms with Crippen molar-refractivity contribution in [3.8, 4) is 11.3 Å². The summed E-state index contributed by atoms with van der Waals surface area (Å²) in [5.41, 5.74) is 2.78. The van der Waals surface area contributed by atoms with Gasteiger partial charge in [0.1, 0.15) is 11.5 Å². The molecule has 130 valence electrons. The van der Waals surface area contributed by atoms with E-state index in [1.807, 2.05) is 35.2 Å². The molecular formula is C20H22N2O3. The van der Waals surface area contributed by atoms with Crippen molar-refractivity contribution in [1.29, 1.82) is 0 Å². The highest BCUT2D eigenvalue weighted by molar-refractivity contribution is 5.89. The third-order valence-corrected chi connectivity index (χ3v) is 5.10. The van der Waals surface area contributed by atoms with Gasteiger partial charge in [0.25, 0.3) is 0 Å². The van der Waals surface area contributed by atoms with Crippen molar-refractivity contribution in [1.82, 2.24) is 4.90 Å². The van der Waals surface area contributed by atoms with E-state index in [0.29, 0.717) is 12.5 Å². The van der Waals surface area contributed by atoms with E-state index in [0.717, 1.165) is 54.1 Å². The number of anilines is 1. The Hall–Kier alpha value is -2.56. The summed E-state index contributed by atoms with van der Waals surface area (Å²) in [5, 5.41) is 2.79. The van der Waals surface area contributed by atoms with Gasteiger partial charge in [-0.25, -0.2) is 0 Å². The van der Waals surface area contributed by atoms with Crippen molar-refractivity contribution in [3.63, 3.8) is 0 Å². The van der Waals surface area contributed by atoms with E-state index in [1.165, 1.54) is 13.3 Å². The average Bonchev–Trinajstić information content (AvgIpc) is 2.96. The smallest absolute Gasteiger partial charge is 0.225 e. The summed E-state index contributed by atoms with van der Waals surface area (Å²) >= 11 is 0. The van der Waals surface area contributed by atoms with Crippen LogP contribution < -0.4 is 5.32 Å². The van der Waals surface area contributed by atoms with Crippen molar-refractivity contribution in [2.24, 2.45) is 5.92 Å². The lowest BCUT2D eigenvalue weighted by Gasteiger charge is -2.33. The molecule has 1 aliphatic carbocycles. The minimum atomic E-state index is -0.0963. The first-order valence-corrected chi connectivity index (χ1v) is 8.88. The molecule has 0 spiro atoms. The number of furan rings is 1. The molecule has 1 aromatic carbocycles. The summed E-state index contributed by atoms with van der Waals surface area (Å²) in [4.78, 5) is 25.7. The van der Waals surface area contributed by atoms with Crippen LogP contribution in [-0.2, 0) is 22.6 Å². The summed E-state index contributed by atoms with van der Waals surface area (Å²) in [6, 6.07) is 9.65. The molecule has 1 aromatic heterocycles. The number of carbonyl (C=O) groups excluding carboxylic acids is 2. The van der Waals surface area contributed by atoms with Gasteiger partial charge in [-0.1, -0.05) is 18.6 Å². The van der Waals surface area contributed by atoms with Gasteiger partial charge < -0.3 is 14.6 Å². The molecule has 1 fully saturated rings. The van der Waals surface area contributed by atoms with Crippen molar-refractivity contribution in [3.05, 3.63) is 41.7 Å². The Balaban J connectivity index is 1.54.